The molecule has 2 heterocycles. The minimum Gasteiger partial charge on any atom is -0.497 e. The van der Waals surface area contributed by atoms with Crippen molar-refractivity contribution in [3.05, 3.63) is 124 Å². The van der Waals surface area contributed by atoms with Crippen LogP contribution in [0.25, 0.3) is 16.6 Å². The highest BCUT2D eigenvalue weighted by Crippen LogP contribution is 2.45. The second kappa shape index (κ2) is 13.0. The number of methoxy groups -OCH3 is 1. The molecule has 4 aromatic carbocycles. The number of nitrogens with zero attached hydrogens (tertiary/aromatic N) is 2. The van der Waals surface area contributed by atoms with Crippen LogP contribution in [0.3, 0.4) is 0 Å². The van der Waals surface area contributed by atoms with E-state index in [0.29, 0.717) is 40.0 Å². The molecule has 0 spiro atoms. The summed E-state index contributed by atoms with van der Waals surface area (Å²) >= 11 is 7.51. The van der Waals surface area contributed by atoms with Gasteiger partial charge in [-0.05, 0) is 78.4 Å². The number of carbonyl (C=O) groups excluding carboxylic acids is 1. The third-order valence-corrected chi connectivity index (χ3v) is 8.50. The lowest BCUT2D eigenvalue weighted by molar-refractivity contribution is -0.185. The first kappa shape index (κ1) is 29.6. The van der Waals surface area contributed by atoms with Crippen molar-refractivity contribution in [3.8, 4) is 5.75 Å². The zero-order valence-electron chi connectivity index (χ0n) is 23.2. The van der Waals surface area contributed by atoms with E-state index >= 15 is 0 Å². The molecule has 0 saturated heterocycles. The highest BCUT2D eigenvalue weighted by Gasteiger charge is 2.48. The van der Waals surface area contributed by atoms with Crippen LogP contribution in [0.15, 0.2) is 101 Å². The number of aryl methyl sites for hydroxylation is 1. The number of benzene rings is 4. The van der Waals surface area contributed by atoms with E-state index < -0.39 is 11.8 Å². The van der Waals surface area contributed by atoms with Crippen LogP contribution >= 0.6 is 35.7 Å². The highest BCUT2D eigenvalue weighted by atomic mass is 32.2. The number of thiocarbonyl (C=S) groups is 1. The van der Waals surface area contributed by atoms with E-state index in [1.54, 1.807) is 48.5 Å². The molecular formula is C33H28N2O4S3. The zero-order chi connectivity index (χ0) is 29.7. The van der Waals surface area contributed by atoms with E-state index in [1.807, 2.05) is 60.9 Å². The van der Waals surface area contributed by atoms with Crippen LogP contribution in [0.5, 0.6) is 5.75 Å². The quantitative estimate of drug-likeness (QED) is 0.118. The average Bonchev–Trinajstić information content (AvgIpc) is 3.59. The Balaban J connectivity index is 0.000000336. The number of aromatic nitrogens is 2. The van der Waals surface area contributed by atoms with Crippen LogP contribution in [-0.4, -0.2) is 38.6 Å². The molecule has 0 fully saturated rings. The van der Waals surface area contributed by atoms with Gasteiger partial charge in [0.1, 0.15) is 16.8 Å². The second-order valence-corrected chi connectivity index (χ2v) is 11.3. The summed E-state index contributed by atoms with van der Waals surface area (Å²) in [5.74, 6) is -1.83. The monoisotopic (exact) mass is 612 g/mol. The molecular weight excluding hydrogens is 585 g/mol. The predicted molar refractivity (Wildman–Crippen MR) is 173 cm³/mol. The van der Waals surface area contributed by atoms with Gasteiger partial charge in [-0.2, -0.15) is 8.75 Å². The summed E-state index contributed by atoms with van der Waals surface area (Å²) < 4.78 is 19.4. The summed E-state index contributed by atoms with van der Waals surface area (Å²) in [6.45, 7) is 2.06. The van der Waals surface area contributed by atoms with E-state index in [9.17, 15) is 9.90 Å². The van der Waals surface area contributed by atoms with Crippen LogP contribution in [-0.2, 0) is 21.7 Å². The Hall–Kier alpha value is -3.89. The van der Waals surface area contributed by atoms with Crippen LogP contribution in [0.2, 0.25) is 0 Å². The molecule has 1 aliphatic heterocycles. The fourth-order valence-corrected chi connectivity index (χ4v) is 5.70. The summed E-state index contributed by atoms with van der Waals surface area (Å²) in [5, 5.41) is 13.4. The van der Waals surface area contributed by atoms with Gasteiger partial charge >= 0.3 is 5.97 Å². The molecule has 1 N–H and O–H groups in total. The minimum atomic E-state index is -1.90. The van der Waals surface area contributed by atoms with Crippen molar-refractivity contribution in [2.75, 3.05) is 13.4 Å². The summed E-state index contributed by atoms with van der Waals surface area (Å²) in [6.07, 6.45) is 2.36. The Kier molecular flexibility index (Phi) is 9.13. The van der Waals surface area contributed by atoms with Gasteiger partial charge in [-0.15, -0.1) is 11.8 Å². The number of esters is 1. The summed E-state index contributed by atoms with van der Waals surface area (Å²) in [6, 6.07) is 28.5. The fraction of sp³-hybridized carbons (Fsp3) is 0.152. The Morgan fingerprint density at radius 1 is 0.976 bits per heavy atom. The summed E-state index contributed by atoms with van der Waals surface area (Å²) in [4.78, 5) is 14.3. The maximum atomic E-state index is 13.2. The van der Waals surface area contributed by atoms with E-state index in [4.69, 9.17) is 21.7 Å². The average molecular weight is 613 g/mol. The molecule has 1 atom stereocenters. The molecule has 1 unspecified atom stereocenters. The molecule has 0 aliphatic carbocycles. The number of carbonyl (C=O) groups is 1. The van der Waals surface area contributed by atoms with E-state index in [-0.39, 0.29) is 0 Å². The number of hydrogen-bond acceptors (Lipinski definition) is 9. The van der Waals surface area contributed by atoms with Crippen molar-refractivity contribution in [1.82, 2.24) is 8.75 Å². The Labute approximate surface area is 258 Å². The van der Waals surface area contributed by atoms with Crippen molar-refractivity contribution < 1.29 is 19.4 Å². The lowest BCUT2D eigenvalue weighted by Crippen LogP contribution is -2.29. The number of cyclic esters (lactones) is 1. The first-order valence-electron chi connectivity index (χ1n) is 13.1. The molecule has 0 amide bonds. The topological polar surface area (TPSA) is 81.5 Å². The molecule has 1 aromatic heterocycles. The summed E-state index contributed by atoms with van der Waals surface area (Å²) in [5.41, 5.74) is 6.72. The molecule has 42 heavy (non-hydrogen) atoms. The van der Waals surface area contributed by atoms with Crippen molar-refractivity contribution in [1.29, 1.82) is 0 Å². The zero-order valence-corrected chi connectivity index (χ0v) is 25.7. The van der Waals surface area contributed by atoms with Gasteiger partial charge in [0.15, 0.2) is 0 Å². The third-order valence-electron chi connectivity index (χ3n) is 6.93. The van der Waals surface area contributed by atoms with Gasteiger partial charge in [0.05, 0.1) is 24.4 Å². The number of rotatable bonds is 7. The van der Waals surface area contributed by atoms with Gasteiger partial charge in [-0.25, -0.2) is 4.79 Å². The standard InChI is InChI=1S/C25H20N2O4S2.C8H8S/c1-30-18-8-6-17(7-9-18)25(29)20(13-15-3-10-19(32-2)11-4-15)23(24(28)31-25)16-5-12-21-22(14-16)27-33-26-21;1-7-2-4-8(6-9)5-3-7/h3-12,14,29H,13H2,1-2H3;2-6H,1H3. The summed E-state index contributed by atoms with van der Waals surface area (Å²) in [7, 11) is 1.57. The fourth-order valence-electron chi connectivity index (χ4n) is 4.62. The van der Waals surface area contributed by atoms with Gasteiger partial charge in [0.2, 0.25) is 0 Å². The van der Waals surface area contributed by atoms with Crippen LogP contribution < -0.4 is 4.74 Å². The van der Waals surface area contributed by atoms with Gasteiger partial charge < -0.3 is 14.6 Å². The minimum absolute atomic E-state index is 0.339. The number of fused-ring (bicyclic) bond motifs is 1. The molecule has 0 saturated carbocycles. The molecule has 212 valence electrons. The van der Waals surface area contributed by atoms with Gasteiger partial charge in [0.25, 0.3) is 5.79 Å². The molecule has 0 radical (unpaired) electrons. The number of ether oxygens (including phenoxy) is 2. The number of aliphatic hydroxyl groups is 1. The maximum Gasteiger partial charge on any atom is 0.342 e. The Morgan fingerprint density at radius 2 is 1.67 bits per heavy atom. The predicted octanol–water partition coefficient (Wildman–Crippen LogP) is 7.16. The second-order valence-electron chi connectivity index (χ2n) is 9.64. The van der Waals surface area contributed by atoms with Crippen LogP contribution in [0.1, 0.15) is 27.8 Å². The van der Waals surface area contributed by atoms with Crippen LogP contribution in [0.4, 0.5) is 0 Å². The van der Waals surface area contributed by atoms with Gasteiger partial charge in [-0.3, -0.25) is 0 Å². The molecule has 0 bridgehead atoms. The lowest BCUT2D eigenvalue weighted by atomic mass is 9.88. The van der Waals surface area contributed by atoms with Crippen LogP contribution in [0, 0.1) is 6.92 Å². The maximum absolute atomic E-state index is 13.2. The van der Waals surface area contributed by atoms with E-state index in [2.05, 4.69) is 27.8 Å². The first-order chi connectivity index (χ1) is 20.3. The first-order valence-corrected chi connectivity index (χ1v) is 15.5. The molecule has 5 aromatic rings. The van der Waals surface area contributed by atoms with E-state index in [1.165, 1.54) is 5.56 Å². The molecule has 1 aliphatic rings. The van der Waals surface area contributed by atoms with Crippen molar-refractivity contribution in [2.45, 2.75) is 24.0 Å². The van der Waals surface area contributed by atoms with Gasteiger partial charge in [-0.1, -0.05) is 60.2 Å². The van der Waals surface area contributed by atoms with Crippen molar-refractivity contribution in [2.24, 2.45) is 0 Å². The Bertz CT molecular complexity index is 1750. The van der Waals surface area contributed by atoms with Crippen molar-refractivity contribution in [3.63, 3.8) is 0 Å². The molecule has 6 nitrogen and oxygen atoms in total. The Morgan fingerprint density at radius 3 is 2.31 bits per heavy atom. The van der Waals surface area contributed by atoms with E-state index in [0.717, 1.165) is 33.3 Å². The lowest BCUT2D eigenvalue weighted by Gasteiger charge is -2.26. The SMILES string of the molecule is COc1ccc(C2(O)OC(=O)C(c3ccc4nsnc4c3)=C2Cc2ccc(SC)cc2)cc1.Cc1ccc(C=S)cc1. The molecule has 9 heteroatoms. The number of thioether (sulfide) groups is 1. The largest absolute Gasteiger partial charge is 0.497 e. The normalized spacial score (nSPS) is 16.1. The highest BCUT2D eigenvalue weighted by molar-refractivity contribution is 7.98. The smallest absolute Gasteiger partial charge is 0.342 e. The number of hydrogen-bond donors (Lipinski definition) is 1. The third kappa shape index (κ3) is 6.29. The molecule has 6 rings (SSSR count). The van der Waals surface area contributed by atoms with Gasteiger partial charge in [0, 0.05) is 27.8 Å². The van der Waals surface area contributed by atoms with Crippen molar-refractivity contribution >= 4 is 63.7 Å².